The molecule has 0 bridgehead atoms. The Morgan fingerprint density at radius 3 is 2.46 bits per heavy atom. The van der Waals surface area contributed by atoms with Gasteiger partial charge in [0.1, 0.15) is 0 Å². The van der Waals surface area contributed by atoms with E-state index in [1.54, 1.807) is 6.92 Å². The second kappa shape index (κ2) is 5.13. The zero-order valence-electron chi connectivity index (χ0n) is 7.79. The van der Waals surface area contributed by atoms with Crippen molar-refractivity contribution in [2.24, 2.45) is 0 Å². The van der Waals surface area contributed by atoms with Gasteiger partial charge in [-0.1, -0.05) is 13.2 Å². The van der Waals surface area contributed by atoms with E-state index in [1.807, 2.05) is 0 Å². The molecule has 4 nitrogen and oxygen atoms in total. The summed E-state index contributed by atoms with van der Waals surface area (Å²) >= 11 is 0. The lowest BCUT2D eigenvalue weighted by molar-refractivity contribution is -0.122. The maximum absolute atomic E-state index is 11.2. The quantitative estimate of drug-likeness (QED) is 0.670. The van der Waals surface area contributed by atoms with Gasteiger partial charge in [0.2, 0.25) is 0 Å². The van der Waals surface area contributed by atoms with Crippen molar-refractivity contribution in [3.8, 4) is 0 Å². The molecule has 0 aliphatic heterocycles. The lowest BCUT2D eigenvalue weighted by atomic mass is 10.1. The fourth-order valence-electron chi connectivity index (χ4n) is 0.678. The minimum Gasteiger partial charge on any atom is -0.438 e. The van der Waals surface area contributed by atoms with Crippen LogP contribution in [0.4, 0.5) is 4.79 Å². The Bertz CT molecular complexity index is 245. The van der Waals surface area contributed by atoms with Crippen molar-refractivity contribution >= 4 is 11.9 Å². The van der Waals surface area contributed by atoms with Gasteiger partial charge in [0, 0.05) is 0 Å². The summed E-state index contributed by atoms with van der Waals surface area (Å²) in [5.74, 6) is -0.292. The monoisotopic (exact) mass is 183 g/mol. The van der Waals surface area contributed by atoms with Crippen LogP contribution in [0.2, 0.25) is 0 Å². The van der Waals surface area contributed by atoms with E-state index in [2.05, 4.69) is 23.2 Å². The highest BCUT2D eigenvalue weighted by atomic mass is 16.6. The Morgan fingerprint density at radius 2 is 2.08 bits per heavy atom. The molecular weight excluding hydrogens is 170 g/mol. The van der Waals surface area contributed by atoms with Gasteiger partial charge in [0.25, 0.3) is 0 Å². The van der Waals surface area contributed by atoms with E-state index >= 15 is 0 Å². The van der Waals surface area contributed by atoms with E-state index in [1.165, 1.54) is 13.1 Å². The highest BCUT2D eigenvalue weighted by Gasteiger charge is 2.17. The number of rotatable bonds is 4. The predicted octanol–water partition coefficient (Wildman–Crippen LogP) is 1.39. The van der Waals surface area contributed by atoms with Crippen LogP contribution in [0.15, 0.2) is 24.9 Å². The van der Waals surface area contributed by atoms with Gasteiger partial charge in [-0.2, -0.15) is 0 Å². The van der Waals surface area contributed by atoms with Crippen molar-refractivity contribution in [2.45, 2.75) is 20.0 Å². The van der Waals surface area contributed by atoms with Crippen molar-refractivity contribution in [1.29, 1.82) is 0 Å². The molecule has 13 heavy (non-hydrogen) atoms. The molecule has 0 heterocycles. The number of hydrogen-bond donors (Lipinski definition) is 1. The number of ether oxygens (including phenoxy) is 1. The number of carbonyl (C=O) groups is 2. The van der Waals surface area contributed by atoms with E-state index in [9.17, 15) is 9.59 Å². The van der Waals surface area contributed by atoms with E-state index in [-0.39, 0.29) is 5.78 Å². The van der Waals surface area contributed by atoms with Gasteiger partial charge in [-0.05, 0) is 25.6 Å². The van der Waals surface area contributed by atoms with Crippen LogP contribution in [0.5, 0.6) is 0 Å². The molecule has 0 spiro atoms. The SMILES string of the molecule is C=CNC(=O)OC(C)C(=O)C(=C)C. The first-order valence-corrected chi connectivity index (χ1v) is 3.76. The third-order valence-electron chi connectivity index (χ3n) is 1.29. The highest BCUT2D eigenvalue weighted by Crippen LogP contribution is 2.00. The molecule has 0 saturated carbocycles. The summed E-state index contributed by atoms with van der Waals surface area (Å²) in [7, 11) is 0. The molecule has 1 amide bonds. The fourth-order valence-corrected chi connectivity index (χ4v) is 0.678. The molecule has 1 N–H and O–H groups in total. The molecule has 0 rings (SSSR count). The molecule has 0 aromatic carbocycles. The van der Waals surface area contributed by atoms with Crippen molar-refractivity contribution < 1.29 is 14.3 Å². The fraction of sp³-hybridized carbons (Fsp3) is 0.333. The van der Waals surface area contributed by atoms with E-state index < -0.39 is 12.2 Å². The molecule has 0 fully saturated rings. The zero-order chi connectivity index (χ0) is 10.4. The van der Waals surface area contributed by atoms with Gasteiger partial charge in [-0.3, -0.25) is 10.1 Å². The average molecular weight is 183 g/mol. The van der Waals surface area contributed by atoms with Crippen molar-refractivity contribution in [3.05, 3.63) is 24.9 Å². The summed E-state index contributed by atoms with van der Waals surface area (Å²) in [6.45, 7) is 9.77. The smallest absolute Gasteiger partial charge is 0.411 e. The number of ketones is 1. The van der Waals surface area contributed by atoms with Crippen LogP contribution in [-0.2, 0) is 9.53 Å². The first-order valence-electron chi connectivity index (χ1n) is 3.76. The van der Waals surface area contributed by atoms with Gasteiger partial charge in [0.15, 0.2) is 11.9 Å². The molecule has 1 unspecified atom stereocenters. The maximum atomic E-state index is 11.2. The standard InChI is InChI=1S/C9H13NO3/c1-5-10-9(12)13-7(4)8(11)6(2)3/h5,7H,1-2H2,3-4H3,(H,10,12). The summed E-state index contributed by atoms with van der Waals surface area (Å²) in [4.78, 5) is 21.9. The van der Waals surface area contributed by atoms with Gasteiger partial charge in [0.05, 0.1) is 0 Å². The van der Waals surface area contributed by atoms with Crippen LogP contribution < -0.4 is 5.32 Å². The Morgan fingerprint density at radius 1 is 1.54 bits per heavy atom. The minimum absolute atomic E-state index is 0.292. The summed E-state index contributed by atoms with van der Waals surface area (Å²) < 4.78 is 4.68. The molecule has 0 aromatic rings. The van der Waals surface area contributed by atoms with E-state index in [0.29, 0.717) is 5.57 Å². The number of Topliss-reactive ketones (excluding diaryl/α,β-unsaturated/α-hetero) is 1. The van der Waals surface area contributed by atoms with Crippen LogP contribution >= 0.6 is 0 Å². The first kappa shape index (κ1) is 11.4. The molecule has 1 atom stereocenters. The van der Waals surface area contributed by atoms with E-state index in [4.69, 9.17) is 0 Å². The normalized spacial score (nSPS) is 11.2. The van der Waals surface area contributed by atoms with Crippen molar-refractivity contribution in [2.75, 3.05) is 0 Å². The summed E-state index contributed by atoms with van der Waals surface area (Å²) in [6.07, 6.45) is -0.324. The number of carbonyl (C=O) groups excluding carboxylic acids is 2. The lowest BCUT2D eigenvalue weighted by Crippen LogP contribution is -2.29. The maximum Gasteiger partial charge on any atom is 0.411 e. The van der Waals surface area contributed by atoms with Gasteiger partial charge in [-0.15, -0.1) is 0 Å². The van der Waals surface area contributed by atoms with Crippen molar-refractivity contribution in [3.63, 3.8) is 0 Å². The topological polar surface area (TPSA) is 55.4 Å². The lowest BCUT2D eigenvalue weighted by Gasteiger charge is -2.10. The van der Waals surface area contributed by atoms with E-state index in [0.717, 1.165) is 0 Å². The van der Waals surface area contributed by atoms with Crippen LogP contribution in [-0.4, -0.2) is 18.0 Å². The summed E-state index contributed by atoms with van der Waals surface area (Å²) in [5, 5.41) is 2.19. The Balaban J connectivity index is 4.07. The largest absolute Gasteiger partial charge is 0.438 e. The predicted molar refractivity (Wildman–Crippen MR) is 49.1 cm³/mol. The second-order valence-corrected chi connectivity index (χ2v) is 2.54. The molecule has 0 aliphatic rings. The molecule has 4 heteroatoms. The molecule has 72 valence electrons. The van der Waals surface area contributed by atoms with Crippen LogP contribution in [0.25, 0.3) is 0 Å². The third-order valence-corrected chi connectivity index (χ3v) is 1.29. The average Bonchev–Trinajstić information content (AvgIpc) is 2.03. The number of hydrogen-bond acceptors (Lipinski definition) is 3. The van der Waals surface area contributed by atoms with Crippen LogP contribution in [0.3, 0.4) is 0 Å². The molecular formula is C9H13NO3. The Kier molecular flexibility index (Phi) is 4.51. The minimum atomic E-state index is -0.808. The number of alkyl carbamates (subject to hydrolysis) is 1. The van der Waals surface area contributed by atoms with Crippen LogP contribution in [0, 0.1) is 0 Å². The van der Waals surface area contributed by atoms with Gasteiger partial charge >= 0.3 is 6.09 Å². The Hall–Kier alpha value is -1.58. The van der Waals surface area contributed by atoms with Gasteiger partial charge < -0.3 is 4.74 Å². The zero-order valence-corrected chi connectivity index (χ0v) is 7.79. The molecule has 0 aliphatic carbocycles. The van der Waals surface area contributed by atoms with Crippen molar-refractivity contribution in [1.82, 2.24) is 5.32 Å². The highest BCUT2D eigenvalue weighted by molar-refractivity contribution is 5.98. The molecule has 0 aromatic heterocycles. The third kappa shape index (κ3) is 4.10. The summed E-state index contributed by atoms with van der Waals surface area (Å²) in [5.41, 5.74) is 0.360. The Labute approximate surface area is 77.3 Å². The number of amides is 1. The molecule has 0 saturated heterocycles. The first-order chi connectivity index (χ1) is 5.99. The van der Waals surface area contributed by atoms with Crippen LogP contribution in [0.1, 0.15) is 13.8 Å². The number of nitrogens with one attached hydrogen (secondary N) is 1. The summed E-state index contributed by atoms with van der Waals surface area (Å²) in [6, 6.07) is 0. The molecule has 0 radical (unpaired) electrons. The van der Waals surface area contributed by atoms with Gasteiger partial charge in [-0.25, -0.2) is 4.79 Å². The second-order valence-electron chi connectivity index (χ2n) is 2.54.